The second-order valence-corrected chi connectivity index (χ2v) is 7.26. The van der Waals surface area contributed by atoms with E-state index >= 15 is 0 Å². The van der Waals surface area contributed by atoms with Crippen LogP contribution in [-0.2, 0) is 19.4 Å². The van der Waals surface area contributed by atoms with Crippen LogP contribution in [0.4, 0.5) is 0 Å². The number of carbonyl (C=O) groups excluding carboxylic acids is 1. The molecule has 1 atom stereocenters. The minimum Gasteiger partial charge on any atom is -0.437 e. The molecular weight excluding hydrogens is 354 g/mol. The molecule has 0 radical (unpaired) electrons. The molecule has 3 heterocycles. The van der Waals surface area contributed by atoms with Gasteiger partial charge in [-0.1, -0.05) is 13.0 Å². The van der Waals surface area contributed by atoms with Crippen molar-refractivity contribution in [2.45, 2.75) is 39.7 Å². The van der Waals surface area contributed by atoms with Crippen LogP contribution in [0.1, 0.15) is 46.3 Å². The van der Waals surface area contributed by atoms with Crippen molar-refractivity contribution >= 4 is 5.91 Å². The van der Waals surface area contributed by atoms with Gasteiger partial charge in [-0.2, -0.15) is 5.10 Å². The summed E-state index contributed by atoms with van der Waals surface area (Å²) in [5.41, 5.74) is 4.33. The third kappa shape index (κ3) is 3.88. The van der Waals surface area contributed by atoms with E-state index in [1.165, 1.54) is 0 Å². The predicted octanol–water partition coefficient (Wildman–Crippen LogP) is 3.36. The van der Waals surface area contributed by atoms with Crippen LogP contribution in [0.5, 0.6) is 11.6 Å². The molecule has 1 aliphatic carbocycles. The molecule has 0 bridgehead atoms. The number of aromatic nitrogens is 4. The Balaban J connectivity index is 1.46. The van der Waals surface area contributed by atoms with Gasteiger partial charge in [0.05, 0.1) is 6.20 Å². The zero-order valence-electron chi connectivity index (χ0n) is 16.0. The van der Waals surface area contributed by atoms with Crippen molar-refractivity contribution in [3.63, 3.8) is 0 Å². The van der Waals surface area contributed by atoms with Crippen LogP contribution in [0.2, 0.25) is 0 Å². The fraction of sp³-hybridized carbons (Fsp3) is 0.333. The SMILES string of the molecule is Cc1ccc(Oc2ncccc2CNC(=O)c2n[nH]c3c2CC(C)CC3)cn1. The molecule has 1 amide bonds. The molecule has 1 unspecified atom stereocenters. The van der Waals surface area contributed by atoms with Crippen LogP contribution >= 0.6 is 0 Å². The minimum atomic E-state index is -0.182. The van der Waals surface area contributed by atoms with E-state index in [2.05, 4.69) is 32.4 Å². The van der Waals surface area contributed by atoms with Crippen LogP contribution in [-0.4, -0.2) is 26.1 Å². The van der Waals surface area contributed by atoms with Crippen LogP contribution in [0, 0.1) is 12.8 Å². The average molecular weight is 377 g/mol. The van der Waals surface area contributed by atoms with Gasteiger partial charge in [0, 0.05) is 35.3 Å². The number of hydrogen-bond acceptors (Lipinski definition) is 5. The summed E-state index contributed by atoms with van der Waals surface area (Å²) in [6.45, 7) is 4.43. The van der Waals surface area contributed by atoms with E-state index in [9.17, 15) is 4.79 Å². The quantitative estimate of drug-likeness (QED) is 0.711. The van der Waals surface area contributed by atoms with Gasteiger partial charge in [-0.3, -0.25) is 14.9 Å². The molecule has 7 nitrogen and oxygen atoms in total. The number of rotatable bonds is 5. The van der Waals surface area contributed by atoms with Crippen molar-refractivity contribution in [1.29, 1.82) is 0 Å². The lowest BCUT2D eigenvalue weighted by molar-refractivity contribution is 0.0944. The number of aromatic amines is 1. The first kappa shape index (κ1) is 18.2. The molecule has 144 valence electrons. The number of nitrogens with one attached hydrogen (secondary N) is 2. The third-order valence-corrected chi connectivity index (χ3v) is 5.00. The monoisotopic (exact) mass is 377 g/mol. The van der Waals surface area contributed by atoms with E-state index in [-0.39, 0.29) is 5.91 Å². The fourth-order valence-electron chi connectivity index (χ4n) is 3.39. The molecule has 3 aromatic rings. The van der Waals surface area contributed by atoms with E-state index in [1.807, 2.05) is 31.2 Å². The lowest BCUT2D eigenvalue weighted by Gasteiger charge is -2.18. The largest absolute Gasteiger partial charge is 0.437 e. The third-order valence-electron chi connectivity index (χ3n) is 5.00. The zero-order valence-corrected chi connectivity index (χ0v) is 16.0. The number of hydrogen-bond donors (Lipinski definition) is 2. The summed E-state index contributed by atoms with van der Waals surface area (Å²) >= 11 is 0. The maximum absolute atomic E-state index is 12.7. The lowest BCUT2D eigenvalue weighted by Crippen LogP contribution is -2.25. The first-order valence-corrected chi connectivity index (χ1v) is 9.49. The predicted molar refractivity (Wildman–Crippen MR) is 104 cm³/mol. The normalized spacial score (nSPS) is 15.7. The van der Waals surface area contributed by atoms with Crippen LogP contribution in [0.15, 0.2) is 36.7 Å². The van der Waals surface area contributed by atoms with Crippen molar-refractivity contribution in [3.8, 4) is 11.6 Å². The standard InChI is InChI=1S/C21H23N5O2/c1-13-5-8-18-17(10-13)19(26-25-18)20(27)24-11-15-4-3-9-22-21(15)28-16-7-6-14(2)23-12-16/h3-4,6-7,9,12-13H,5,8,10-11H2,1-2H3,(H,24,27)(H,25,26). The van der Waals surface area contributed by atoms with Crippen LogP contribution in [0.3, 0.4) is 0 Å². The van der Waals surface area contributed by atoms with Gasteiger partial charge in [0.1, 0.15) is 5.75 Å². The molecule has 0 spiro atoms. The molecule has 0 saturated heterocycles. The van der Waals surface area contributed by atoms with E-state index < -0.39 is 0 Å². The molecule has 0 saturated carbocycles. The Morgan fingerprint density at radius 3 is 3.04 bits per heavy atom. The zero-order chi connectivity index (χ0) is 19.5. The number of pyridine rings is 2. The molecule has 0 aromatic carbocycles. The summed E-state index contributed by atoms with van der Waals surface area (Å²) in [6.07, 6.45) is 6.27. The number of fused-ring (bicyclic) bond motifs is 1. The van der Waals surface area contributed by atoms with E-state index in [0.29, 0.717) is 29.8 Å². The molecule has 0 fully saturated rings. The number of nitrogens with zero attached hydrogens (tertiary/aromatic N) is 3. The Hall–Kier alpha value is -3.22. The summed E-state index contributed by atoms with van der Waals surface area (Å²) in [5, 5.41) is 10.2. The van der Waals surface area contributed by atoms with Gasteiger partial charge in [-0.15, -0.1) is 0 Å². The first-order chi connectivity index (χ1) is 13.6. The Labute approximate surface area is 163 Å². The van der Waals surface area contributed by atoms with Crippen molar-refractivity contribution < 1.29 is 9.53 Å². The molecular formula is C21H23N5O2. The summed E-state index contributed by atoms with van der Waals surface area (Å²) in [6, 6.07) is 7.42. The van der Waals surface area contributed by atoms with E-state index in [4.69, 9.17) is 4.74 Å². The van der Waals surface area contributed by atoms with Crippen molar-refractivity contribution in [2.75, 3.05) is 0 Å². The van der Waals surface area contributed by atoms with Crippen molar-refractivity contribution in [1.82, 2.24) is 25.5 Å². The molecule has 4 rings (SSSR count). The van der Waals surface area contributed by atoms with Gasteiger partial charge < -0.3 is 10.1 Å². The summed E-state index contributed by atoms with van der Waals surface area (Å²) in [4.78, 5) is 21.2. The number of amides is 1. The number of H-pyrrole nitrogens is 1. The van der Waals surface area contributed by atoms with Crippen LogP contribution < -0.4 is 10.1 Å². The molecule has 0 aliphatic heterocycles. The highest BCUT2D eigenvalue weighted by Gasteiger charge is 2.24. The number of aryl methyl sites for hydroxylation is 2. The number of carbonyl (C=O) groups is 1. The Bertz CT molecular complexity index is 981. The van der Waals surface area contributed by atoms with Crippen LogP contribution in [0.25, 0.3) is 0 Å². The van der Waals surface area contributed by atoms with E-state index in [1.54, 1.807) is 12.4 Å². The average Bonchev–Trinajstić information content (AvgIpc) is 3.12. The highest BCUT2D eigenvalue weighted by Crippen LogP contribution is 2.26. The Morgan fingerprint density at radius 1 is 1.32 bits per heavy atom. The fourth-order valence-corrected chi connectivity index (χ4v) is 3.39. The van der Waals surface area contributed by atoms with Gasteiger partial charge >= 0.3 is 0 Å². The topological polar surface area (TPSA) is 92.8 Å². The maximum Gasteiger partial charge on any atom is 0.272 e. The summed E-state index contributed by atoms with van der Waals surface area (Å²) in [5.74, 6) is 1.44. The molecule has 3 aromatic heterocycles. The Morgan fingerprint density at radius 2 is 2.21 bits per heavy atom. The van der Waals surface area contributed by atoms with Gasteiger partial charge in [0.2, 0.25) is 5.88 Å². The summed E-state index contributed by atoms with van der Waals surface area (Å²) < 4.78 is 5.85. The minimum absolute atomic E-state index is 0.182. The van der Waals surface area contributed by atoms with Gasteiger partial charge in [-0.25, -0.2) is 4.98 Å². The van der Waals surface area contributed by atoms with Crippen molar-refractivity contribution in [3.05, 3.63) is 64.9 Å². The molecule has 2 N–H and O–H groups in total. The lowest BCUT2D eigenvalue weighted by atomic mass is 9.87. The smallest absolute Gasteiger partial charge is 0.272 e. The van der Waals surface area contributed by atoms with E-state index in [0.717, 1.165) is 41.8 Å². The molecule has 7 heteroatoms. The van der Waals surface area contributed by atoms with Gasteiger partial charge in [-0.05, 0) is 50.3 Å². The maximum atomic E-state index is 12.7. The second kappa shape index (κ2) is 7.80. The van der Waals surface area contributed by atoms with Gasteiger partial charge in [0.15, 0.2) is 5.69 Å². The highest BCUT2D eigenvalue weighted by molar-refractivity contribution is 5.94. The van der Waals surface area contributed by atoms with Gasteiger partial charge in [0.25, 0.3) is 5.91 Å². The molecule has 1 aliphatic rings. The summed E-state index contributed by atoms with van der Waals surface area (Å²) in [7, 11) is 0. The second-order valence-electron chi connectivity index (χ2n) is 7.26. The van der Waals surface area contributed by atoms with Crippen molar-refractivity contribution in [2.24, 2.45) is 5.92 Å². The molecule has 28 heavy (non-hydrogen) atoms. The first-order valence-electron chi connectivity index (χ1n) is 9.49. The Kier molecular flexibility index (Phi) is 5.06. The highest BCUT2D eigenvalue weighted by atomic mass is 16.5. The number of ether oxygens (including phenoxy) is 1.